The predicted octanol–water partition coefficient (Wildman–Crippen LogP) is 3.07. The van der Waals surface area contributed by atoms with E-state index in [0.717, 1.165) is 32.5 Å². The average Bonchev–Trinajstić information content (AvgIpc) is 2.90. The van der Waals surface area contributed by atoms with E-state index in [1.165, 1.54) is 21.1 Å². The van der Waals surface area contributed by atoms with Gasteiger partial charge in [0.15, 0.2) is 0 Å². The zero-order chi connectivity index (χ0) is 15.1. The lowest BCUT2D eigenvalue weighted by atomic mass is 10.1. The maximum atomic E-state index is 4.90. The number of aromatic nitrogens is 1. The van der Waals surface area contributed by atoms with Crippen molar-refractivity contribution in [2.75, 3.05) is 33.7 Å². The van der Waals surface area contributed by atoms with Gasteiger partial charge < -0.3 is 10.2 Å². The number of benzene rings is 1. The summed E-state index contributed by atoms with van der Waals surface area (Å²) in [6, 6.07) is 10.5. The number of rotatable bonds is 8. The van der Waals surface area contributed by atoms with E-state index in [0.29, 0.717) is 0 Å². The first-order chi connectivity index (χ1) is 10.2. The summed E-state index contributed by atoms with van der Waals surface area (Å²) in [7, 11) is 4.22. The number of likely N-dealkylation sites (N-methyl/N-ethyl adjacent to an activating group) is 2. The van der Waals surface area contributed by atoms with Crippen LogP contribution in [0.4, 0.5) is 0 Å². The van der Waals surface area contributed by atoms with E-state index in [9.17, 15) is 0 Å². The van der Waals surface area contributed by atoms with Gasteiger partial charge in [0.25, 0.3) is 0 Å². The van der Waals surface area contributed by atoms with Gasteiger partial charge in [0.2, 0.25) is 0 Å². The van der Waals surface area contributed by atoms with E-state index in [2.05, 4.69) is 61.6 Å². The zero-order valence-corrected chi connectivity index (χ0v) is 14.0. The first-order valence-electron chi connectivity index (χ1n) is 7.60. The minimum Gasteiger partial charge on any atom is -0.317 e. The van der Waals surface area contributed by atoms with E-state index < -0.39 is 0 Å². The van der Waals surface area contributed by atoms with Crippen molar-refractivity contribution in [3.63, 3.8) is 0 Å². The van der Waals surface area contributed by atoms with Crippen LogP contribution in [-0.4, -0.2) is 43.6 Å². The molecule has 2 rings (SSSR count). The molecule has 21 heavy (non-hydrogen) atoms. The highest BCUT2D eigenvalue weighted by molar-refractivity contribution is 7.12. The van der Waals surface area contributed by atoms with Gasteiger partial charge in [-0.3, -0.25) is 0 Å². The Hall–Kier alpha value is -1.23. The molecule has 1 aromatic carbocycles. The predicted molar refractivity (Wildman–Crippen MR) is 92.1 cm³/mol. The molecule has 0 saturated carbocycles. The summed E-state index contributed by atoms with van der Waals surface area (Å²) in [5.41, 5.74) is 2.41. The van der Waals surface area contributed by atoms with Gasteiger partial charge in [0, 0.05) is 30.0 Å². The Bertz CT molecular complexity index is 534. The van der Waals surface area contributed by atoms with Crippen molar-refractivity contribution in [3.8, 4) is 11.3 Å². The fourth-order valence-corrected chi connectivity index (χ4v) is 3.28. The van der Waals surface area contributed by atoms with Crippen LogP contribution in [0.3, 0.4) is 0 Å². The lowest BCUT2D eigenvalue weighted by molar-refractivity contribution is 0.413. The molecule has 114 valence electrons. The van der Waals surface area contributed by atoms with Crippen molar-refractivity contribution in [1.82, 2.24) is 15.2 Å². The molecular formula is C17H25N3S. The number of nitrogens with one attached hydrogen (secondary N) is 1. The standard InChI is InChI=1S/C17H25N3S/c1-4-18-12-10-15-17(14-8-6-5-7-9-14)19-16(21-15)11-13-20(2)3/h5-9,18H,4,10-13H2,1-3H3. The summed E-state index contributed by atoms with van der Waals surface area (Å²) < 4.78 is 0. The van der Waals surface area contributed by atoms with Gasteiger partial charge in [-0.2, -0.15) is 0 Å². The van der Waals surface area contributed by atoms with E-state index in [1.54, 1.807) is 0 Å². The first-order valence-corrected chi connectivity index (χ1v) is 8.41. The van der Waals surface area contributed by atoms with E-state index in [1.807, 2.05) is 11.3 Å². The minimum atomic E-state index is 1.02. The monoisotopic (exact) mass is 303 g/mol. The number of hydrogen-bond acceptors (Lipinski definition) is 4. The normalized spacial score (nSPS) is 11.2. The highest BCUT2D eigenvalue weighted by Gasteiger charge is 2.12. The first kappa shape index (κ1) is 16.1. The summed E-state index contributed by atoms with van der Waals surface area (Å²) in [4.78, 5) is 8.50. The number of hydrogen-bond donors (Lipinski definition) is 1. The second kappa shape index (κ2) is 8.27. The summed E-state index contributed by atoms with van der Waals surface area (Å²) in [6.45, 7) is 5.24. The minimum absolute atomic E-state index is 1.02. The molecule has 0 bridgehead atoms. The smallest absolute Gasteiger partial charge is 0.0948 e. The molecule has 0 fully saturated rings. The molecule has 2 aromatic rings. The van der Waals surface area contributed by atoms with Crippen LogP contribution in [-0.2, 0) is 12.8 Å². The Morgan fingerprint density at radius 3 is 2.57 bits per heavy atom. The molecular weight excluding hydrogens is 278 g/mol. The van der Waals surface area contributed by atoms with Crippen LogP contribution in [0.5, 0.6) is 0 Å². The third kappa shape index (κ3) is 4.92. The molecule has 0 aliphatic rings. The third-order valence-corrected chi connectivity index (χ3v) is 4.52. The summed E-state index contributed by atoms with van der Waals surface area (Å²) >= 11 is 1.87. The third-order valence-electron chi connectivity index (χ3n) is 3.34. The van der Waals surface area contributed by atoms with Crippen molar-refractivity contribution in [1.29, 1.82) is 0 Å². The van der Waals surface area contributed by atoms with Crippen molar-refractivity contribution >= 4 is 11.3 Å². The van der Waals surface area contributed by atoms with Crippen LogP contribution in [0.15, 0.2) is 30.3 Å². The molecule has 0 radical (unpaired) electrons. The lowest BCUT2D eigenvalue weighted by Crippen LogP contribution is -2.15. The largest absolute Gasteiger partial charge is 0.317 e. The maximum Gasteiger partial charge on any atom is 0.0948 e. The second-order valence-corrected chi connectivity index (χ2v) is 6.57. The molecule has 4 heteroatoms. The van der Waals surface area contributed by atoms with E-state index in [-0.39, 0.29) is 0 Å². The maximum absolute atomic E-state index is 4.90. The van der Waals surface area contributed by atoms with Crippen molar-refractivity contribution in [2.24, 2.45) is 0 Å². The van der Waals surface area contributed by atoms with Gasteiger partial charge >= 0.3 is 0 Å². The van der Waals surface area contributed by atoms with Crippen molar-refractivity contribution in [2.45, 2.75) is 19.8 Å². The number of nitrogens with zero attached hydrogens (tertiary/aromatic N) is 2. The van der Waals surface area contributed by atoms with Crippen LogP contribution < -0.4 is 5.32 Å². The Morgan fingerprint density at radius 2 is 1.90 bits per heavy atom. The molecule has 3 nitrogen and oxygen atoms in total. The van der Waals surface area contributed by atoms with Gasteiger partial charge in [0.05, 0.1) is 10.7 Å². The zero-order valence-electron chi connectivity index (χ0n) is 13.2. The molecule has 0 saturated heterocycles. The van der Waals surface area contributed by atoms with Gasteiger partial charge in [-0.15, -0.1) is 11.3 Å². The SMILES string of the molecule is CCNCCc1sc(CCN(C)C)nc1-c1ccccc1. The molecule has 0 amide bonds. The molecule has 0 atom stereocenters. The van der Waals surface area contributed by atoms with Gasteiger partial charge in [-0.1, -0.05) is 37.3 Å². The average molecular weight is 303 g/mol. The Morgan fingerprint density at radius 1 is 1.14 bits per heavy atom. The van der Waals surface area contributed by atoms with Crippen molar-refractivity contribution in [3.05, 3.63) is 40.2 Å². The summed E-state index contributed by atoms with van der Waals surface area (Å²) in [5.74, 6) is 0. The molecule has 0 unspecified atom stereocenters. The Balaban J connectivity index is 2.19. The topological polar surface area (TPSA) is 28.2 Å². The summed E-state index contributed by atoms with van der Waals surface area (Å²) in [5, 5.41) is 4.65. The van der Waals surface area contributed by atoms with Crippen LogP contribution in [0.1, 0.15) is 16.8 Å². The Labute approximate surface area is 132 Å². The van der Waals surface area contributed by atoms with E-state index in [4.69, 9.17) is 4.98 Å². The molecule has 0 aliphatic carbocycles. The lowest BCUT2D eigenvalue weighted by Gasteiger charge is -2.06. The van der Waals surface area contributed by atoms with Gasteiger partial charge in [-0.25, -0.2) is 4.98 Å². The van der Waals surface area contributed by atoms with E-state index >= 15 is 0 Å². The molecule has 0 aliphatic heterocycles. The molecule has 1 heterocycles. The summed E-state index contributed by atoms with van der Waals surface area (Å²) in [6.07, 6.45) is 2.08. The van der Waals surface area contributed by atoms with Gasteiger partial charge in [-0.05, 0) is 27.1 Å². The molecule has 1 aromatic heterocycles. The van der Waals surface area contributed by atoms with Crippen molar-refractivity contribution < 1.29 is 0 Å². The quantitative estimate of drug-likeness (QED) is 0.760. The van der Waals surface area contributed by atoms with Gasteiger partial charge in [0.1, 0.15) is 0 Å². The molecule has 1 N–H and O–H groups in total. The Kier molecular flexibility index (Phi) is 6.36. The second-order valence-electron chi connectivity index (χ2n) is 5.40. The van der Waals surface area contributed by atoms with Crippen LogP contribution in [0.25, 0.3) is 11.3 Å². The molecule has 0 spiro atoms. The highest BCUT2D eigenvalue weighted by Crippen LogP contribution is 2.28. The van der Waals surface area contributed by atoms with Crippen LogP contribution in [0.2, 0.25) is 0 Å². The van der Waals surface area contributed by atoms with Crippen LogP contribution in [0, 0.1) is 0 Å². The highest BCUT2D eigenvalue weighted by atomic mass is 32.1. The van der Waals surface area contributed by atoms with Crippen LogP contribution >= 0.6 is 11.3 Å². The fourth-order valence-electron chi connectivity index (χ4n) is 2.20. The number of thiazole rings is 1. The fraction of sp³-hybridized carbons (Fsp3) is 0.471.